The first-order valence-electron chi connectivity index (χ1n) is 4.08. The molecule has 1 aliphatic heterocycles. The van der Waals surface area contributed by atoms with Crippen LogP contribution in [0.15, 0.2) is 0 Å². The lowest BCUT2D eigenvalue weighted by atomic mass is 10.1. The van der Waals surface area contributed by atoms with Gasteiger partial charge in [0.25, 0.3) is 0 Å². The molecule has 0 bridgehead atoms. The normalized spacial score (nSPS) is 18.1. The Bertz CT molecular complexity index is 130. The molecule has 0 spiro atoms. The molecule has 3 nitrogen and oxygen atoms in total. The van der Waals surface area contributed by atoms with Crippen LogP contribution in [-0.2, 0) is 4.74 Å². The summed E-state index contributed by atoms with van der Waals surface area (Å²) >= 11 is 0. The quantitative estimate of drug-likeness (QED) is 0.575. The largest absolute Gasteiger partial charge is 0.450 e. The first kappa shape index (κ1) is 8.37. The van der Waals surface area contributed by atoms with E-state index in [0.717, 1.165) is 25.9 Å². The highest BCUT2D eigenvalue weighted by molar-refractivity contribution is 5.67. The molecule has 0 aromatic rings. The number of carbonyl (C=O) groups is 1. The van der Waals surface area contributed by atoms with Crippen LogP contribution in [0.1, 0.15) is 19.8 Å². The Balaban J connectivity index is 2.27. The van der Waals surface area contributed by atoms with Crippen LogP contribution < -0.4 is 0 Å². The van der Waals surface area contributed by atoms with Crippen LogP contribution in [0.5, 0.6) is 0 Å². The molecule has 11 heavy (non-hydrogen) atoms. The molecule has 0 saturated carbocycles. The van der Waals surface area contributed by atoms with Gasteiger partial charge in [-0.15, -0.1) is 0 Å². The lowest BCUT2D eigenvalue weighted by Gasteiger charge is -2.25. The number of ether oxygens (including phenoxy) is 1. The number of piperidine rings is 1. The Hall–Kier alpha value is -0.730. The van der Waals surface area contributed by atoms with Crippen molar-refractivity contribution in [3.63, 3.8) is 0 Å². The van der Waals surface area contributed by atoms with Gasteiger partial charge in [-0.05, 0) is 26.2 Å². The summed E-state index contributed by atoms with van der Waals surface area (Å²) in [6.07, 6.45) is 4.12. The monoisotopic (exact) mass is 156 g/mol. The van der Waals surface area contributed by atoms with Crippen molar-refractivity contribution < 1.29 is 9.53 Å². The molecule has 1 fully saturated rings. The van der Waals surface area contributed by atoms with Crippen LogP contribution in [0, 0.1) is 6.42 Å². The lowest BCUT2D eigenvalue weighted by Crippen LogP contribution is -2.36. The predicted octanol–water partition coefficient (Wildman–Crippen LogP) is 1.44. The number of rotatable bonds is 1. The van der Waals surface area contributed by atoms with Crippen LogP contribution in [0.4, 0.5) is 4.79 Å². The smallest absolute Gasteiger partial charge is 0.409 e. The second-order valence-corrected chi connectivity index (χ2v) is 2.58. The number of hydrogen-bond acceptors (Lipinski definition) is 2. The highest BCUT2D eigenvalue weighted by Crippen LogP contribution is 2.08. The van der Waals surface area contributed by atoms with E-state index in [9.17, 15) is 4.79 Å². The maximum atomic E-state index is 11.1. The average molecular weight is 156 g/mol. The first-order valence-corrected chi connectivity index (χ1v) is 4.08. The minimum absolute atomic E-state index is 0.177. The van der Waals surface area contributed by atoms with Crippen molar-refractivity contribution in [2.75, 3.05) is 19.7 Å². The van der Waals surface area contributed by atoms with Gasteiger partial charge in [0.05, 0.1) is 6.61 Å². The summed E-state index contributed by atoms with van der Waals surface area (Å²) in [5, 5.41) is 0. The molecule has 0 unspecified atom stereocenters. The molecule has 1 rings (SSSR count). The highest BCUT2D eigenvalue weighted by atomic mass is 16.6. The van der Waals surface area contributed by atoms with E-state index >= 15 is 0 Å². The minimum Gasteiger partial charge on any atom is -0.450 e. The van der Waals surface area contributed by atoms with Gasteiger partial charge >= 0.3 is 6.09 Å². The van der Waals surface area contributed by atoms with E-state index in [1.807, 2.05) is 6.92 Å². The molecule has 3 heteroatoms. The summed E-state index contributed by atoms with van der Waals surface area (Å²) in [6, 6.07) is 0. The van der Waals surface area contributed by atoms with Crippen molar-refractivity contribution in [1.82, 2.24) is 4.90 Å². The topological polar surface area (TPSA) is 29.5 Å². The lowest BCUT2D eigenvalue weighted by molar-refractivity contribution is 0.106. The Morgan fingerprint density at radius 3 is 3.09 bits per heavy atom. The fourth-order valence-electron chi connectivity index (χ4n) is 1.15. The third-order valence-electron chi connectivity index (χ3n) is 1.71. The van der Waals surface area contributed by atoms with E-state index in [0.29, 0.717) is 6.61 Å². The number of nitrogens with zero attached hydrogens (tertiary/aromatic N) is 1. The zero-order valence-corrected chi connectivity index (χ0v) is 6.88. The van der Waals surface area contributed by atoms with Gasteiger partial charge in [-0.3, -0.25) is 0 Å². The van der Waals surface area contributed by atoms with Crippen LogP contribution in [-0.4, -0.2) is 30.7 Å². The first-order chi connectivity index (χ1) is 5.34. The summed E-state index contributed by atoms with van der Waals surface area (Å²) in [4.78, 5) is 12.8. The Morgan fingerprint density at radius 1 is 1.73 bits per heavy atom. The zero-order valence-electron chi connectivity index (χ0n) is 6.88. The Labute approximate surface area is 67.3 Å². The van der Waals surface area contributed by atoms with Crippen molar-refractivity contribution >= 4 is 6.09 Å². The zero-order chi connectivity index (χ0) is 8.10. The van der Waals surface area contributed by atoms with Crippen LogP contribution >= 0.6 is 0 Å². The van der Waals surface area contributed by atoms with E-state index in [-0.39, 0.29) is 6.09 Å². The number of amides is 1. The van der Waals surface area contributed by atoms with E-state index in [1.165, 1.54) is 0 Å². The molecule has 0 aromatic carbocycles. The van der Waals surface area contributed by atoms with Gasteiger partial charge in [-0.1, -0.05) is 0 Å². The maximum Gasteiger partial charge on any atom is 0.409 e. The van der Waals surface area contributed by atoms with E-state index in [4.69, 9.17) is 4.74 Å². The predicted molar refractivity (Wildman–Crippen MR) is 42.1 cm³/mol. The second-order valence-electron chi connectivity index (χ2n) is 2.58. The molecule has 0 atom stereocenters. The fourth-order valence-corrected chi connectivity index (χ4v) is 1.15. The summed E-state index contributed by atoms with van der Waals surface area (Å²) in [5.41, 5.74) is 0. The average Bonchev–Trinajstić information content (AvgIpc) is 2.07. The van der Waals surface area contributed by atoms with Crippen LogP contribution in [0.2, 0.25) is 0 Å². The van der Waals surface area contributed by atoms with Crippen molar-refractivity contribution in [2.24, 2.45) is 0 Å². The van der Waals surface area contributed by atoms with E-state index in [2.05, 4.69) is 6.42 Å². The standard InChI is InChI=1S/C8H14NO2/c1-2-11-8(10)9-6-4-3-5-7-9/h4H,2-3,5-7H2,1H3. The molecule has 1 amide bonds. The molecule has 0 aromatic heterocycles. The summed E-state index contributed by atoms with van der Waals surface area (Å²) in [7, 11) is 0. The van der Waals surface area contributed by atoms with Crippen molar-refractivity contribution in [1.29, 1.82) is 0 Å². The molecule has 1 aliphatic rings. The van der Waals surface area contributed by atoms with Gasteiger partial charge < -0.3 is 9.64 Å². The number of likely N-dealkylation sites (tertiary alicyclic amines) is 1. The molecule has 1 saturated heterocycles. The van der Waals surface area contributed by atoms with Crippen LogP contribution in [0.3, 0.4) is 0 Å². The number of hydrogen-bond donors (Lipinski definition) is 0. The van der Waals surface area contributed by atoms with Gasteiger partial charge in [0.1, 0.15) is 0 Å². The molecule has 0 N–H and O–H groups in total. The Morgan fingerprint density at radius 2 is 2.55 bits per heavy atom. The summed E-state index contributed by atoms with van der Waals surface area (Å²) < 4.78 is 4.85. The van der Waals surface area contributed by atoms with Crippen LogP contribution in [0.25, 0.3) is 0 Å². The molecular weight excluding hydrogens is 142 g/mol. The Kier molecular flexibility index (Phi) is 3.20. The van der Waals surface area contributed by atoms with Gasteiger partial charge in [-0.2, -0.15) is 0 Å². The van der Waals surface area contributed by atoms with Crippen molar-refractivity contribution in [2.45, 2.75) is 19.8 Å². The van der Waals surface area contributed by atoms with Crippen molar-refractivity contribution in [3.05, 3.63) is 6.42 Å². The van der Waals surface area contributed by atoms with Gasteiger partial charge in [0.15, 0.2) is 0 Å². The SMILES string of the molecule is CCOC(=O)N1C[CH]CCC1. The third-order valence-corrected chi connectivity index (χ3v) is 1.71. The molecule has 63 valence electrons. The minimum atomic E-state index is -0.177. The maximum absolute atomic E-state index is 11.1. The second kappa shape index (κ2) is 4.21. The fraction of sp³-hybridized carbons (Fsp3) is 0.750. The number of carbonyl (C=O) groups excluding carboxylic acids is 1. The third kappa shape index (κ3) is 2.41. The van der Waals surface area contributed by atoms with Crippen molar-refractivity contribution in [3.8, 4) is 0 Å². The molecular formula is C8H14NO2. The molecule has 0 aliphatic carbocycles. The highest BCUT2D eigenvalue weighted by Gasteiger charge is 2.16. The summed E-state index contributed by atoms with van der Waals surface area (Å²) in [5.74, 6) is 0. The molecule has 1 radical (unpaired) electrons. The van der Waals surface area contributed by atoms with E-state index in [1.54, 1.807) is 4.90 Å². The van der Waals surface area contributed by atoms with Gasteiger partial charge in [-0.25, -0.2) is 4.79 Å². The van der Waals surface area contributed by atoms with Gasteiger partial charge in [0.2, 0.25) is 0 Å². The summed E-state index contributed by atoms with van der Waals surface area (Å²) in [6.45, 7) is 3.88. The van der Waals surface area contributed by atoms with E-state index < -0.39 is 0 Å². The van der Waals surface area contributed by atoms with Gasteiger partial charge in [0, 0.05) is 13.1 Å². The molecule has 1 heterocycles.